The molecule has 0 amide bonds. The molecule has 0 saturated heterocycles. The second-order valence-corrected chi connectivity index (χ2v) is 4.58. The lowest BCUT2D eigenvalue weighted by Crippen LogP contribution is -2.11. The highest BCUT2D eigenvalue weighted by atomic mass is 15.3. The lowest BCUT2D eigenvalue weighted by atomic mass is 10.1. The number of aryl methyl sites for hydroxylation is 1. The standard InChI is InChI=1S/C12H23N3/c1-10(2)6-5-7-15-9-12(8-14-15)11(3)13-4/h8-11,13H,5-7H2,1-4H3. The molecule has 3 nitrogen and oxygen atoms in total. The van der Waals surface area contributed by atoms with Crippen molar-refractivity contribution < 1.29 is 0 Å². The average Bonchev–Trinajstić information content (AvgIpc) is 2.65. The Kier molecular flexibility index (Phi) is 4.82. The van der Waals surface area contributed by atoms with E-state index in [9.17, 15) is 0 Å². The Hall–Kier alpha value is -0.830. The number of nitrogens with one attached hydrogen (secondary N) is 1. The van der Waals surface area contributed by atoms with Gasteiger partial charge in [0.1, 0.15) is 0 Å². The summed E-state index contributed by atoms with van der Waals surface area (Å²) in [6.45, 7) is 7.71. The molecule has 0 spiro atoms. The Balaban J connectivity index is 2.39. The van der Waals surface area contributed by atoms with Crippen molar-refractivity contribution in [2.75, 3.05) is 7.05 Å². The molecule has 15 heavy (non-hydrogen) atoms. The van der Waals surface area contributed by atoms with Crippen LogP contribution in [0.15, 0.2) is 12.4 Å². The molecule has 3 heteroatoms. The summed E-state index contributed by atoms with van der Waals surface area (Å²) in [7, 11) is 1.97. The largest absolute Gasteiger partial charge is 0.313 e. The Bertz CT molecular complexity index is 278. The van der Waals surface area contributed by atoms with Crippen LogP contribution in [0.25, 0.3) is 0 Å². The summed E-state index contributed by atoms with van der Waals surface area (Å²) < 4.78 is 2.05. The maximum atomic E-state index is 4.36. The van der Waals surface area contributed by atoms with Gasteiger partial charge in [0.15, 0.2) is 0 Å². The smallest absolute Gasteiger partial charge is 0.0537 e. The van der Waals surface area contributed by atoms with Crippen molar-refractivity contribution in [1.29, 1.82) is 0 Å². The molecule has 1 heterocycles. The molecule has 0 radical (unpaired) electrons. The summed E-state index contributed by atoms with van der Waals surface area (Å²) in [5.41, 5.74) is 1.27. The van der Waals surface area contributed by atoms with Crippen LogP contribution in [0.5, 0.6) is 0 Å². The Morgan fingerprint density at radius 3 is 2.73 bits per heavy atom. The fourth-order valence-electron chi connectivity index (χ4n) is 1.55. The van der Waals surface area contributed by atoms with Gasteiger partial charge in [0.05, 0.1) is 6.20 Å². The predicted octanol–water partition coefficient (Wildman–Crippen LogP) is 2.60. The number of aromatic nitrogens is 2. The minimum Gasteiger partial charge on any atom is -0.313 e. The van der Waals surface area contributed by atoms with E-state index in [0.717, 1.165) is 12.5 Å². The first kappa shape index (κ1) is 12.2. The van der Waals surface area contributed by atoms with Gasteiger partial charge in [-0.2, -0.15) is 5.10 Å². The van der Waals surface area contributed by atoms with Crippen molar-refractivity contribution in [1.82, 2.24) is 15.1 Å². The van der Waals surface area contributed by atoms with Gasteiger partial charge in [-0.05, 0) is 32.7 Å². The third-order valence-electron chi connectivity index (χ3n) is 2.75. The molecule has 1 N–H and O–H groups in total. The van der Waals surface area contributed by atoms with Crippen molar-refractivity contribution in [3.05, 3.63) is 18.0 Å². The van der Waals surface area contributed by atoms with E-state index in [1.807, 2.05) is 17.9 Å². The van der Waals surface area contributed by atoms with Gasteiger partial charge in [-0.3, -0.25) is 4.68 Å². The number of nitrogens with zero attached hydrogens (tertiary/aromatic N) is 2. The maximum Gasteiger partial charge on any atom is 0.0537 e. The Morgan fingerprint density at radius 1 is 1.40 bits per heavy atom. The van der Waals surface area contributed by atoms with Gasteiger partial charge in [-0.1, -0.05) is 13.8 Å². The zero-order valence-corrected chi connectivity index (χ0v) is 10.3. The SMILES string of the molecule is CNC(C)c1cnn(CCCC(C)C)c1. The molecular formula is C12H23N3. The fraction of sp³-hybridized carbons (Fsp3) is 0.750. The first-order chi connectivity index (χ1) is 7.13. The lowest BCUT2D eigenvalue weighted by molar-refractivity contribution is 0.489. The summed E-state index contributed by atoms with van der Waals surface area (Å²) in [6.07, 6.45) is 6.58. The molecule has 1 aromatic rings. The van der Waals surface area contributed by atoms with Crippen LogP contribution in [-0.4, -0.2) is 16.8 Å². The van der Waals surface area contributed by atoms with E-state index in [1.165, 1.54) is 18.4 Å². The number of hydrogen-bond donors (Lipinski definition) is 1. The van der Waals surface area contributed by atoms with Crippen LogP contribution in [0.3, 0.4) is 0 Å². The van der Waals surface area contributed by atoms with Gasteiger partial charge in [0.2, 0.25) is 0 Å². The van der Waals surface area contributed by atoms with E-state index in [0.29, 0.717) is 6.04 Å². The highest BCUT2D eigenvalue weighted by Gasteiger charge is 2.05. The molecular weight excluding hydrogens is 186 g/mol. The second-order valence-electron chi connectivity index (χ2n) is 4.58. The third-order valence-corrected chi connectivity index (χ3v) is 2.75. The van der Waals surface area contributed by atoms with Gasteiger partial charge >= 0.3 is 0 Å². The Morgan fingerprint density at radius 2 is 2.13 bits per heavy atom. The molecule has 0 fully saturated rings. The molecule has 1 rings (SSSR count). The fourth-order valence-corrected chi connectivity index (χ4v) is 1.55. The summed E-state index contributed by atoms with van der Waals surface area (Å²) in [5, 5.41) is 7.57. The predicted molar refractivity (Wildman–Crippen MR) is 63.8 cm³/mol. The maximum absolute atomic E-state index is 4.36. The minimum atomic E-state index is 0.392. The highest BCUT2D eigenvalue weighted by molar-refractivity contribution is 5.08. The van der Waals surface area contributed by atoms with Crippen LogP contribution in [0, 0.1) is 5.92 Å². The van der Waals surface area contributed by atoms with Crippen molar-refractivity contribution in [2.45, 2.75) is 46.2 Å². The number of hydrogen-bond acceptors (Lipinski definition) is 2. The van der Waals surface area contributed by atoms with Crippen molar-refractivity contribution >= 4 is 0 Å². The van der Waals surface area contributed by atoms with Crippen molar-refractivity contribution in [3.63, 3.8) is 0 Å². The molecule has 1 aromatic heterocycles. The van der Waals surface area contributed by atoms with E-state index >= 15 is 0 Å². The monoisotopic (exact) mass is 209 g/mol. The van der Waals surface area contributed by atoms with Gasteiger partial charge < -0.3 is 5.32 Å². The molecule has 0 aliphatic heterocycles. The molecule has 1 unspecified atom stereocenters. The summed E-state index contributed by atoms with van der Waals surface area (Å²) >= 11 is 0. The number of rotatable bonds is 6. The molecule has 1 atom stereocenters. The van der Waals surface area contributed by atoms with Crippen LogP contribution < -0.4 is 5.32 Å². The normalized spacial score (nSPS) is 13.4. The lowest BCUT2D eigenvalue weighted by Gasteiger charge is -2.06. The summed E-state index contributed by atoms with van der Waals surface area (Å²) in [5.74, 6) is 0.788. The van der Waals surface area contributed by atoms with E-state index in [4.69, 9.17) is 0 Å². The van der Waals surface area contributed by atoms with Crippen LogP contribution in [-0.2, 0) is 6.54 Å². The van der Waals surface area contributed by atoms with Crippen molar-refractivity contribution in [3.8, 4) is 0 Å². The van der Waals surface area contributed by atoms with E-state index < -0.39 is 0 Å². The van der Waals surface area contributed by atoms with E-state index in [1.54, 1.807) is 0 Å². The van der Waals surface area contributed by atoms with Gasteiger partial charge in [-0.15, -0.1) is 0 Å². The van der Waals surface area contributed by atoms with Gasteiger partial charge in [-0.25, -0.2) is 0 Å². The zero-order chi connectivity index (χ0) is 11.3. The van der Waals surface area contributed by atoms with Crippen LogP contribution in [0.2, 0.25) is 0 Å². The first-order valence-electron chi connectivity index (χ1n) is 5.83. The van der Waals surface area contributed by atoms with Crippen LogP contribution in [0.4, 0.5) is 0 Å². The first-order valence-corrected chi connectivity index (χ1v) is 5.83. The quantitative estimate of drug-likeness (QED) is 0.780. The molecule has 0 saturated carbocycles. The molecule has 0 aliphatic carbocycles. The average molecular weight is 209 g/mol. The van der Waals surface area contributed by atoms with Crippen LogP contribution in [0.1, 0.15) is 45.2 Å². The van der Waals surface area contributed by atoms with E-state index in [2.05, 4.69) is 37.4 Å². The zero-order valence-electron chi connectivity index (χ0n) is 10.3. The molecule has 0 aliphatic rings. The third kappa shape index (κ3) is 4.04. The van der Waals surface area contributed by atoms with Gasteiger partial charge in [0, 0.05) is 24.3 Å². The molecule has 86 valence electrons. The summed E-state index contributed by atoms with van der Waals surface area (Å²) in [4.78, 5) is 0. The molecule has 0 aromatic carbocycles. The summed E-state index contributed by atoms with van der Waals surface area (Å²) in [6, 6.07) is 0.392. The highest BCUT2D eigenvalue weighted by Crippen LogP contribution is 2.11. The van der Waals surface area contributed by atoms with Crippen LogP contribution >= 0.6 is 0 Å². The minimum absolute atomic E-state index is 0.392. The van der Waals surface area contributed by atoms with Crippen molar-refractivity contribution in [2.24, 2.45) is 5.92 Å². The van der Waals surface area contributed by atoms with E-state index in [-0.39, 0.29) is 0 Å². The topological polar surface area (TPSA) is 29.9 Å². The second kappa shape index (κ2) is 5.91. The Labute approximate surface area is 92.9 Å². The van der Waals surface area contributed by atoms with Gasteiger partial charge in [0.25, 0.3) is 0 Å². The molecule has 0 bridgehead atoms.